The van der Waals surface area contributed by atoms with Gasteiger partial charge in [-0.05, 0) is 66.2 Å². The molecule has 2 amide bonds. The fourth-order valence-corrected chi connectivity index (χ4v) is 4.93. The highest BCUT2D eigenvalue weighted by atomic mass is 32.2. The van der Waals surface area contributed by atoms with Gasteiger partial charge in [-0.25, -0.2) is 4.79 Å². The molecule has 1 saturated carbocycles. The smallest absolute Gasteiger partial charge is 0.329 e. The lowest BCUT2D eigenvalue weighted by molar-refractivity contribution is -0.140. The van der Waals surface area contributed by atoms with Crippen LogP contribution < -0.4 is 10.6 Å². The molecule has 33 heavy (non-hydrogen) atoms. The first-order valence-corrected chi connectivity index (χ1v) is 12.7. The van der Waals surface area contributed by atoms with Crippen LogP contribution in [-0.4, -0.2) is 47.0 Å². The molecule has 0 spiro atoms. The van der Waals surface area contributed by atoms with Crippen LogP contribution in [0.5, 0.6) is 0 Å². The van der Waals surface area contributed by atoms with Crippen LogP contribution in [0, 0.1) is 12.8 Å². The molecule has 0 aliphatic heterocycles. The molecular formula is C26H32N2O4S. The molecule has 3 rings (SSSR count). The number of carbonyl (C=O) groups excluding carboxylic acids is 2. The van der Waals surface area contributed by atoms with Crippen molar-refractivity contribution in [2.75, 3.05) is 18.6 Å². The van der Waals surface area contributed by atoms with Crippen molar-refractivity contribution in [3.63, 3.8) is 0 Å². The Balaban J connectivity index is 1.91. The predicted molar refractivity (Wildman–Crippen MR) is 133 cm³/mol. The second-order valence-electron chi connectivity index (χ2n) is 8.66. The molecule has 2 atom stereocenters. The fourth-order valence-electron chi connectivity index (χ4n) is 4.12. The molecule has 0 aromatic heterocycles. The van der Waals surface area contributed by atoms with Crippen molar-refractivity contribution < 1.29 is 19.5 Å². The number of hydrogen-bond acceptors (Lipinski definition) is 4. The van der Waals surface area contributed by atoms with Gasteiger partial charge in [-0.1, -0.05) is 43.7 Å². The number of nitrogens with one attached hydrogen (secondary N) is 2. The summed E-state index contributed by atoms with van der Waals surface area (Å²) >= 11 is 1.58. The van der Waals surface area contributed by atoms with Gasteiger partial charge in [0.2, 0.25) is 5.91 Å². The van der Waals surface area contributed by atoms with Gasteiger partial charge in [0.1, 0.15) is 5.54 Å². The van der Waals surface area contributed by atoms with E-state index in [0.29, 0.717) is 29.8 Å². The summed E-state index contributed by atoms with van der Waals surface area (Å²) < 4.78 is 0. The Bertz CT molecular complexity index is 1040. The standard InChI is InChI=1S/C26H32N2O4S/c1-4-5-12-27-23(29)14-18-10-11-21(22(13-18)20-9-7-6-8-17(20)2)24(30)28-26(25(31)32)15-19(26)16-33-3/h6-11,13,19H,4-5,12,14-16H2,1-3H3,(H,27,29)(H,28,30)(H,31,32)/t19-,26?/m0/s1. The van der Waals surface area contributed by atoms with Gasteiger partial charge in [0.15, 0.2) is 0 Å². The number of aliphatic carboxylic acids is 1. The van der Waals surface area contributed by atoms with E-state index >= 15 is 0 Å². The van der Waals surface area contributed by atoms with E-state index in [1.807, 2.05) is 43.5 Å². The van der Waals surface area contributed by atoms with E-state index in [4.69, 9.17) is 0 Å². The summed E-state index contributed by atoms with van der Waals surface area (Å²) in [6, 6.07) is 13.1. The lowest BCUT2D eigenvalue weighted by atomic mass is 9.92. The van der Waals surface area contributed by atoms with Crippen LogP contribution in [-0.2, 0) is 16.0 Å². The number of unbranched alkanes of at least 4 members (excludes halogenated alkanes) is 1. The zero-order valence-corrected chi connectivity index (χ0v) is 20.3. The number of thioether (sulfide) groups is 1. The van der Waals surface area contributed by atoms with Gasteiger partial charge in [-0.15, -0.1) is 0 Å². The fraction of sp³-hybridized carbons (Fsp3) is 0.423. The summed E-state index contributed by atoms with van der Waals surface area (Å²) in [6.07, 6.45) is 4.53. The number of hydrogen-bond donors (Lipinski definition) is 3. The summed E-state index contributed by atoms with van der Waals surface area (Å²) in [5.74, 6) is -0.851. The maximum absolute atomic E-state index is 13.3. The van der Waals surface area contributed by atoms with E-state index in [0.717, 1.165) is 29.5 Å². The Labute approximate surface area is 199 Å². The molecule has 0 radical (unpaired) electrons. The molecule has 1 unspecified atom stereocenters. The van der Waals surface area contributed by atoms with Crippen LogP contribution in [0.3, 0.4) is 0 Å². The zero-order valence-electron chi connectivity index (χ0n) is 19.4. The Morgan fingerprint density at radius 1 is 1.15 bits per heavy atom. The minimum atomic E-state index is -1.21. The maximum Gasteiger partial charge on any atom is 0.329 e. The third-order valence-corrected chi connectivity index (χ3v) is 6.91. The number of carboxylic acid groups (broad SMARTS) is 1. The highest BCUT2D eigenvalue weighted by Crippen LogP contribution is 2.46. The molecule has 7 heteroatoms. The van der Waals surface area contributed by atoms with Gasteiger partial charge in [-0.2, -0.15) is 11.8 Å². The molecular weight excluding hydrogens is 436 g/mol. The van der Waals surface area contributed by atoms with Crippen LogP contribution in [0.4, 0.5) is 0 Å². The molecule has 1 aliphatic carbocycles. The molecule has 0 heterocycles. The van der Waals surface area contributed by atoms with Crippen molar-refractivity contribution >= 4 is 29.5 Å². The van der Waals surface area contributed by atoms with Crippen molar-refractivity contribution in [3.05, 3.63) is 59.2 Å². The van der Waals surface area contributed by atoms with Gasteiger partial charge in [0.05, 0.1) is 6.42 Å². The first-order chi connectivity index (χ1) is 15.8. The number of carbonyl (C=O) groups is 3. The van der Waals surface area contributed by atoms with E-state index in [9.17, 15) is 19.5 Å². The zero-order chi connectivity index (χ0) is 24.0. The average molecular weight is 469 g/mol. The lowest BCUT2D eigenvalue weighted by Gasteiger charge is -2.18. The van der Waals surface area contributed by atoms with Crippen molar-refractivity contribution in [2.45, 2.75) is 45.1 Å². The molecule has 176 valence electrons. The summed E-state index contributed by atoms with van der Waals surface area (Å²) in [7, 11) is 0. The molecule has 3 N–H and O–H groups in total. The second kappa shape index (κ2) is 10.9. The number of benzene rings is 2. The van der Waals surface area contributed by atoms with E-state index in [1.165, 1.54) is 0 Å². The van der Waals surface area contributed by atoms with Gasteiger partial charge < -0.3 is 15.7 Å². The van der Waals surface area contributed by atoms with Crippen LogP contribution >= 0.6 is 11.8 Å². The minimum absolute atomic E-state index is 0.0564. The van der Waals surface area contributed by atoms with Crippen LogP contribution in [0.1, 0.15) is 47.7 Å². The molecule has 1 fully saturated rings. The van der Waals surface area contributed by atoms with Gasteiger partial charge >= 0.3 is 5.97 Å². The Hall–Kier alpha value is -2.80. The Morgan fingerprint density at radius 2 is 1.91 bits per heavy atom. The number of rotatable bonds is 11. The van der Waals surface area contributed by atoms with Crippen molar-refractivity contribution in [1.29, 1.82) is 0 Å². The van der Waals surface area contributed by atoms with Gasteiger partial charge in [0.25, 0.3) is 5.91 Å². The summed E-state index contributed by atoms with van der Waals surface area (Å²) in [6.45, 7) is 4.69. The van der Waals surface area contributed by atoms with Crippen LogP contribution in [0.15, 0.2) is 42.5 Å². The topological polar surface area (TPSA) is 95.5 Å². The van der Waals surface area contributed by atoms with Crippen LogP contribution in [0.25, 0.3) is 11.1 Å². The normalized spacial score (nSPS) is 19.1. The maximum atomic E-state index is 13.3. The average Bonchev–Trinajstić information content (AvgIpc) is 3.48. The van der Waals surface area contributed by atoms with E-state index in [2.05, 4.69) is 17.6 Å². The Morgan fingerprint density at radius 3 is 2.58 bits per heavy atom. The number of amides is 2. The SMILES string of the molecule is CCCCNC(=O)Cc1ccc(C(=O)NC2(C(=O)O)C[C@H]2CSC)c(-c2ccccc2C)c1. The summed E-state index contributed by atoms with van der Waals surface area (Å²) in [5, 5.41) is 15.5. The number of aryl methyl sites for hydroxylation is 1. The summed E-state index contributed by atoms with van der Waals surface area (Å²) in [4.78, 5) is 37.6. The first-order valence-electron chi connectivity index (χ1n) is 11.3. The summed E-state index contributed by atoms with van der Waals surface area (Å²) in [5.41, 5.74) is 2.59. The minimum Gasteiger partial charge on any atom is -0.479 e. The monoisotopic (exact) mass is 468 g/mol. The Kier molecular flexibility index (Phi) is 8.19. The quantitative estimate of drug-likeness (QED) is 0.432. The van der Waals surface area contributed by atoms with Crippen molar-refractivity contribution in [1.82, 2.24) is 10.6 Å². The van der Waals surface area contributed by atoms with Crippen molar-refractivity contribution in [2.24, 2.45) is 5.92 Å². The predicted octanol–water partition coefficient (Wildman–Crippen LogP) is 4.06. The third kappa shape index (κ3) is 5.77. The molecule has 0 saturated heterocycles. The highest BCUT2D eigenvalue weighted by molar-refractivity contribution is 7.98. The lowest BCUT2D eigenvalue weighted by Crippen LogP contribution is -2.45. The molecule has 2 aromatic rings. The highest BCUT2D eigenvalue weighted by Gasteiger charge is 2.61. The second-order valence-corrected chi connectivity index (χ2v) is 9.57. The van der Waals surface area contributed by atoms with E-state index in [-0.39, 0.29) is 18.2 Å². The van der Waals surface area contributed by atoms with E-state index < -0.39 is 17.4 Å². The van der Waals surface area contributed by atoms with Gasteiger partial charge in [-0.3, -0.25) is 9.59 Å². The third-order valence-electron chi connectivity index (χ3n) is 6.17. The number of carboxylic acids is 1. The van der Waals surface area contributed by atoms with Crippen molar-refractivity contribution in [3.8, 4) is 11.1 Å². The van der Waals surface area contributed by atoms with Crippen LogP contribution in [0.2, 0.25) is 0 Å². The first kappa shape index (κ1) is 24.8. The largest absolute Gasteiger partial charge is 0.479 e. The molecule has 2 aromatic carbocycles. The molecule has 1 aliphatic rings. The molecule has 0 bridgehead atoms. The van der Waals surface area contributed by atoms with Gasteiger partial charge in [0, 0.05) is 18.0 Å². The molecule has 6 nitrogen and oxygen atoms in total. The van der Waals surface area contributed by atoms with E-state index in [1.54, 1.807) is 23.9 Å².